The lowest BCUT2D eigenvalue weighted by molar-refractivity contribution is -0.0499. The van der Waals surface area contributed by atoms with E-state index in [0.29, 0.717) is 0 Å². The number of rotatable bonds is 6. The van der Waals surface area contributed by atoms with E-state index in [2.05, 4.69) is 4.74 Å². The molecule has 0 aromatic heterocycles. The molecule has 10 heteroatoms. The highest BCUT2D eigenvalue weighted by atomic mass is 32.2. The van der Waals surface area contributed by atoms with Crippen molar-refractivity contribution in [2.24, 2.45) is 0 Å². The molecule has 0 atom stereocenters. The van der Waals surface area contributed by atoms with E-state index in [1.165, 1.54) is 6.07 Å². The fourth-order valence-corrected chi connectivity index (χ4v) is 3.56. The Morgan fingerprint density at radius 2 is 1.48 bits per heavy atom. The monoisotopic (exact) mass is 429 g/mol. The minimum absolute atomic E-state index is 0.0582. The molecule has 0 radical (unpaired) electrons. The van der Waals surface area contributed by atoms with Crippen molar-refractivity contribution in [3.63, 3.8) is 0 Å². The second-order valence-electron chi connectivity index (χ2n) is 5.81. The summed E-state index contributed by atoms with van der Waals surface area (Å²) in [7, 11) is -4.24. The summed E-state index contributed by atoms with van der Waals surface area (Å²) in [6.45, 7) is -3.17. The maximum Gasteiger partial charge on any atom is 0.387 e. The average Bonchev–Trinajstić information content (AvgIpc) is 2.62. The molecule has 4 nitrogen and oxygen atoms in total. The van der Waals surface area contributed by atoms with E-state index in [9.17, 15) is 30.4 Å². The smallest absolute Gasteiger partial charge is 0.387 e. The Hall–Kier alpha value is -3.14. The van der Waals surface area contributed by atoms with Crippen LogP contribution in [-0.4, -0.2) is 15.0 Å². The fraction of sp³-hybridized carbons (Fsp3) is 0.0526. The Kier molecular flexibility index (Phi) is 5.73. The molecular formula is C19H12F5NO3S. The minimum atomic E-state index is -4.24. The summed E-state index contributed by atoms with van der Waals surface area (Å²) in [5, 5.41) is 0. The van der Waals surface area contributed by atoms with Gasteiger partial charge in [-0.2, -0.15) is 8.78 Å². The third-order valence-electron chi connectivity index (χ3n) is 3.76. The SMILES string of the molecule is O=S(=O)(Nc1cc(-c2cc(F)cc(OC(F)F)c2)ccc1F)c1ccc(F)cc1. The van der Waals surface area contributed by atoms with Crippen molar-refractivity contribution in [1.82, 2.24) is 0 Å². The minimum Gasteiger partial charge on any atom is -0.435 e. The zero-order chi connectivity index (χ0) is 21.2. The van der Waals surface area contributed by atoms with Gasteiger partial charge in [0.2, 0.25) is 0 Å². The number of alkyl halides is 2. The molecule has 1 N–H and O–H groups in total. The quantitative estimate of drug-likeness (QED) is 0.550. The molecule has 0 unspecified atom stereocenters. The van der Waals surface area contributed by atoms with Crippen LogP contribution in [0.1, 0.15) is 0 Å². The lowest BCUT2D eigenvalue weighted by Gasteiger charge is -2.12. The first-order chi connectivity index (χ1) is 13.6. The van der Waals surface area contributed by atoms with Crippen LogP contribution in [0.25, 0.3) is 11.1 Å². The summed E-state index contributed by atoms with van der Waals surface area (Å²) in [6.07, 6.45) is 0. The van der Waals surface area contributed by atoms with Crippen LogP contribution in [0.15, 0.2) is 65.6 Å². The van der Waals surface area contributed by atoms with Crippen LogP contribution in [0.4, 0.5) is 27.6 Å². The Morgan fingerprint density at radius 1 is 0.793 bits per heavy atom. The number of anilines is 1. The lowest BCUT2D eigenvalue weighted by Crippen LogP contribution is -2.14. The molecule has 0 saturated heterocycles. The van der Waals surface area contributed by atoms with Gasteiger partial charge in [-0.1, -0.05) is 6.07 Å². The molecule has 0 aliphatic rings. The molecule has 0 saturated carbocycles. The van der Waals surface area contributed by atoms with Gasteiger partial charge in [0.05, 0.1) is 10.6 Å². The third kappa shape index (κ3) is 5.02. The summed E-state index contributed by atoms with van der Waals surface area (Å²) in [4.78, 5) is -0.304. The molecule has 3 aromatic carbocycles. The maximum atomic E-state index is 14.1. The first kappa shape index (κ1) is 20.6. The molecule has 0 fully saturated rings. The highest BCUT2D eigenvalue weighted by Gasteiger charge is 2.17. The molecular weight excluding hydrogens is 417 g/mol. The van der Waals surface area contributed by atoms with Gasteiger partial charge in [0, 0.05) is 6.07 Å². The van der Waals surface area contributed by atoms with E-state index in [0.717, 1.165) is 54.6 Å². The van der Waals surface area contributed by atoms with E-state index in [1.807, 2.05) is 4.72 Å². The van der Waals surface area contributed by atoms with Gasteiger partial charge in [0.15, 0.2) is 0 Å². The van der Waals surface area contributed by atoms with Gasteiger partial charge in [-0.05, 0) is 59.7 Å². The second-order valence-corrected chi connectivity index (χ2v) is 7.49. The summed E-state index contributed by atoms with van der Waals surface area (Å²) >= 11 is 0. The molecule has 29 heavy (non-hydrogen) atoms. The van der Waals surface area contributed by atoms with E-state index in [1.54, 1.807) is 0 Å². The zero-order valence-corrected chi connectivity index (χ0v) is 15.2. The van der Waals surface area contributed by atoms with Gasteiger partial charge in [-0.3, -0.25) is 4.72 Å². The van der Waals surface area contributed by atoms with Crippen molar-refractivity contribution in [3.05, 3.63) is 78.1 Å². The van der Waals surface area contributed by atoms with Gasteiger partial charge in [0.25, 0.3) is 10.0 Å². The van der Waals surface area contributed by atoms with Crippen LogP contribution in [0, 0.1) is 17.5 Å². The van der Waals surface area contributed by atoms with Crippen LogP contribution in [0.2, 0.25) is 0 Å². The van der Waals surface area contributed by atoms with Crippen molar-refractivity contribution >= 4 is 15.7 Å². The topological polar surface area (TPSA) is 55.4 Å². The largest absolute Gasteiger partial charge is 0.435 e. The molecule has 0 aliphatic carbocycles. The number of sulfonamides is 1. The van der Waals surface area contributed by atoms with E-state index in [-0.39, 0.29) is 16.0 Å². The number of nitrogens with one attached hydrogen (secondary N) is 1. The number of halogens is 5. The average molecular weight is 429 g/mol. The Balaban J connectivity index is 1.97. The first-order valence-electron chi connectivity index (χ1n) is 7.98. The van der Waals surface area contributed by atoms with Gasteiger partial charge in [-0.15, -0.1) is 0 Å². The molecule has 152 valence electrons. The van der Waals surface area contributed by atoms with Crippen LogP contribution in [0.3, 0.4) is 0 Å². The summed E-state index contributed by atoms with van der Waals surface area (Å²) in [5.41, 5.74) is -0.267. The molecule has 3 aromatic rings. The van der Waals surface area contributed by atoms with Crippen molar-refractivity contribution in [1.29, 1.82) is 0 Å². The fourth-order valence-electron chi connectivity index (χ4n) is 2.50. The molecule has 0 spiro atoms. The van der Waals surface area contributed by atoms with Crippen molar-refractivity contribution in [2.75, 3.05) is 4.72 Å². The van der Waals surface area contributed by atoms with Gasteiger partial charge < -0.3 is 4.74 Å². The van der Waals surface area contributed by atoms with Crippen molar-refractivity contribution < 1.29 is 35.1 Å². The zero-order valence-electron chi connectivity index (χ0n) is 14.4. The lowest BCUT2D eigenvalue weighted by atomic mass is 10.0. The standard InChI is InChI=1S/C19H12F5NO3S/c20-13-2-4-16(5-3-13)29(26,27)25-18-9-11(1-6-17(18)22)12-7-14(21)10-15(8-12)28-19(23)24/h1-10,19,25H. The Bertz CT molecular complexity index is 1140. The molecule has 0 bridgehead atoms. The van der Waals surface area contributed by atoms with Crippen LogP contribution in [-0.2, 0) is 10.0 Å². The molecule has 3 rings (SSSR count). The van der Waals surface area contributed by atoms with Crippen molar-refractivity contribution in [2.45, 2.75) is 11.5 Å². The molecule has 0 heterocycles. The normalized spacial score (nSPS) is 11.5. The van der Waals surface area contributed by atoms with Crippen LogP contribution >= 0.6 is 0 Å². The second kappa shape index (κ2) is 8.08. The molecule has 0 amide bonds. The van der Waals surface area contributed by atoms with Crippen LogP contribution < -0.4 is 9.46 Å². The van der Waals surface area contributed by atoms with Gasteiger partial charge in [0.1, 0.15) is 23.2 Å². The van der Waals surface area contributed by atoms with E-state index < -0.39 is 45.5 Å². The number of hydrogen-bond donors (Lipinski definition) is 1. The Morgan fingerprint density at radius 3 is 2.14 bits per heavy atom. The van der Waals surface area contributed by atoms with Crippen LogP contribution in [0.5, 0.6) is 5.75 Å². The van der Waals surface area contributed by atoms with Gasteiger partial charge in [-0.25, -0.2) is 21.6 Å². The van der Waals surface area contributed by atoms with Crippen molar-refractivity contribution in [3.8, 4) is 16.9 Å². The van der Waals surface area contributed by atoms with E-state index in [4.69, 9.17) is 0 Å². The number of benzene rings is 3. The number of hydrogen-bond acceptors (Lipinski definition) is 3. The first-order valence-corrected chi connectivity index (χ1v) is 9.46. The summed E-state index contributed by atoms with van der Waals surface area (Å²) in [6, 6.07) is 9.90. The summed E-state index contributed by atoms with van der Waals surface area (Å²) < 4.78 is 96.6. The number of ether oxygens (including phenoxy) is 1. The molecule has 0 aliphatic heterocycles. The highest BCUT2D eigenvalue weighted by molar-refractivity contribution is 7.92. The summed E-state index contributed by atoms with van der Waals surface area (Å²) in [5.74, 6) is -2.91. The maximum absolute atomic E-state index is 14.1. The predicted molar refractivity (Wildman–Crippen MR) is 95.6 cm³/mol. The highest BCUT2D eigenvalue weighted by Crippen LogP contribution is 2.30. The third-order valence-corrected chi connectivity index (χ3v) is 5.15. The Labute approximate surface area is 162 Å². The van der Waals surface area contributed by atoms with Gasteiger partial charge >= 0.3 is 6.61 Å². The van der Waals surface area contributed by atoms with E-state index >= 15 is 0 Å². The predicted octanol–water partition coefficient (Wildman–Crippen LogP) is 5.17.